The molecular weight excluding hydrogens is 234 g/mol. The molecule has 3 nitrogen and oxygen atoms in total. The summed E-state index contributed by atoms with van der Waals surface area (Å²) in [5.74, 6) is 0. The molecule has 0 atom stereocenters. The lowest BCUT2D eigenvalue weighted by atomic mass is 9.92. The molecule has 0 radical (unpaired) electrons. The first-order chi connectivity index (χ1) is 8.96. The first-order valence-corrected chi connectivity index (χ1v) is 7.32. The number of pyridine rings is 1. The Hall–Kier alpha value is -0.930. The van der Waals surface area contributed by atoms with E-state index in [1.807, 2.05) is 0 Å². The van der Waals surface area contributed by atoms with Crippen molar-refractivity contribution in [3.05, 3.63) is 29.6 Å². The number of aromatic nitrogens is 1. The Morgan fingerprint density at radius 2 is 2.00 bits per heavy atom. The number of rotatable bonds is 8. The fourth-order valence-electron chi connectivity index (χ4n) is 2.32. The van der Waals surface area contributed by atoms with Crippen molar-refractivity contribution in [2.24, 2.45) is 5.41 Å². The summed E-state index contributed by atoms with van der Waals surface area (Å²) < 4.78 is 0. The standard InChI is InChI=1S/C16H29N3/c1-6-17-12-16(4,5)13-19(7-2)11-15-10-8-9-14(3)18-15/h8-10,17H,6-7,11-13H2,1-5H3. The minimum absolute atomic E-state index is 0.288. The molecule has 0 unspecified atom stereocenters. The van der Waals surface area contributed by atoms with E-state index < -0.39 is 0 Å². The molecule has 1 rings (SSSR count). The van der Waals surface area contributed by atoms with Crippen molar-refractivity contribution in [3.63, 3.8) is 0 Å². The van der Waals surface area contributed by atoms with Crippen molar-refractivity contribution in [1.29, 1.82) is 0 Å². The van der Waals surface area contributed by atoms with Crippen LogP contribution in [0.1, 0.15) is 39.1 Å². The zero-order valence-corrected chi connectivity index (χ0v) is 13.2. The van der Waals surface area contributed by atoms with E-state index in [0.717, 1.165) is 38.4 Å². The zero-order valence-electron chi connectivity index (χ0n) is 13.2. The van der Waals surface area contributed by atoms with Crippen LogP contribution in [0.4, 0.5) is 0 Å². The molecule has 0 aliphatic carbocycles. The summed E-state index contributed by atoms with van der Waals surface area (Å²) in [5, 5.41) is 3.45. The van der Waals surface area contributed by atoms with Crippen molar-refractivity contribution >= 4 is 0 Å². The van der Waals surface area contributed by atoms with Gasteiger partial charge in [-0.1, -0.05) is 33.8 Å². The Balaban J connectivity index is 2.58. The summed E-state index contributed by atoms with van der Waals surface area (Å²) >= 11 is 0. The van der Waals surface area contributed by atoms with Crippen molar-refractivity contribution in [1.82, 2.24) is 15.2 Å². The molecule has 1 heterocycles. The van der Waals surface area contributed by atoms with Crippen LogP contribution in [0.2, 0.25) is 0 Å². The van der Waals surface area contributed by atoms with E-state index in [9.17, 15) is 0 Å². The van der Waals surface area contributed by atoms with Gasteiger partial charge in [0.05, 0.1) is 5.69 Å². The molecular formula is C16H29N3. The predicted octanol–water partition coefficient (Wildman–Crippen LogP) is 2.85. The van der Waals surface area contributed by atoms with Crippen molar-refractivity contribution in [3.8, 4) is 0 Å². The third kappa shape index (κ3) is 6.17. The summed E-state index contributed by atoms with van der Waals surface area (Å²) in [4.78, 5) is 7.07. The quantitative estimate of drug-likeness (QED) is 0.781. The largest absolute Gasteiger partial charge is 0.316 e. The van der Waals surface area contributed by atoms with E-state index in [1.54, 1.807) is 0 Å². The molecule has 0 bridgehead atoms. The maximum Gasteiger partial charge on any atom is 0.0547 e. The maximum atomic E-state index is 4.60. The lowest BCUT2D eigenvalue weighted by Gasteiger charge is -2.32. The maximum absolute atomic E-state index is 4.60. The Bertz CT molecular complexity index is 374. The second-order valence-corrected chi connectivity index (χ2v) is 6.02. The molecule has 0 aliphatic rings. The van der Waals surface area contributed by atoms with E-state index in [2.05, 4.69) is 68.0 Å². The minimum atomic E-state index is 0.288. The first kappa shape index (κ1) is 16.1. The molecule has 3 heteroatoms. The molecule has 1 N–H and O–H groups in total. The summed E-state index contributed by atoms with van der Waals surface area (Å²) in [7, 11) is 0. The monoisotopic (exact) mass is 263 g/mol. The minimum Gasteiger partial charge on any atom is -0.316 e. The van der Waals surface area contributed by atoms with E-state index in [1.165, 1.54) is 5.69 Å². The molecule has 0 spiro atoms. The molecule has 108 valence electrons. The average Bonchev–Trinajstić information content (AvgIpc) is 2.35. The van der Waals surface area contributed by atoms with E-state index >= 15 is 0 Å². The van der Waals surface area contributed by atoms with Gasteiger partial charge >= 0.3 is 0 Å². The summed E-state index contributed by atoms with van der Waals surface area (Å²) in [6, 6.07) is 6.26. The second-order valence-electron chi connectivity index (χ2n) is 6.02. The Kier molecular flexibility index (Phi) is 6.46. The van der Waals surface area contributed by atoms with Gasteiger partial charge in [0.1, 0.15) is 0 Å². The normalized spacial score (nSPS) is 12.1. The summed E-state index contributed by atoms with van der Waals surface area (Å²) in [6.07, 6.45) is 0. The van der Waals surface area contributed by atoms with Gasteiger partial charge in [-0.25, -0.2) is 0 Å². The highest BCUT2D eigenvalue weighted by Gasteiger charge is 2.20. The van der Waals surface area contributed by atoms with Crippen LogP contribution in [0, 0.1) is 12.3 Å². The van der Waals surface area contributed by atoms with E-state index in [4.69, 9.17) is 0 Å². The Morgan fingerprint density at radius 1 is 1.26 bits per heavy atom. The van der Waals surface area contributed by atoms with Gasteiger partial charge in [-0.2, -0.15) is 0 Å². The molecule has 0 amide bonds. The third-order valence-corrected chi connectivity index (χ3v) is 3.28. The van der Waals surface area contributed by atoms with Gasteiger partial charge in [0.15, 0.2) is 0 Å². The highest BCUT2D eigenvalue weighted by molar-refractivity contribution is 5.09. The number of hydrogen-bond donors (Lipinski definition) is 1. The van der Waals surface area contributed by atoms with Gasteiger partial charge in [0.2, 0.25) is 0 Å². The van der Waals surface area contributed by atoms with Crippen LogP contribution in [0.5, 0.6) is 0 Å². The summed E-state index contributed by atoms with van der Waals surface area (Å²) in [5.41, 5.74) is 2.55. The lowest BCUT2D eigenvalue weighted by molar-refractivity contribution is 0.173. The van der Waals surface area contributed by atoms with Gasteiger partial charge in [-0.3, -0.25) is 9.88 Å². The Morgan fingerprint density at radius 3 is 2.58 bits per heavy atom. The molecule has 1 aromatic rings. The van der Waals surface area contributed by atoms with E-state index in [-0.39, 0.29) is 5.41 Å². The molecule has 0 aromatic carbocycles. The SMILES string of the molecule is CCNCC(C)(C)CN(CC)Cc1cccc(C)n1. The predicted molar refractivity (Wildman–Crippen MR) is 82.2 cm³/mol. The molecule has 0 fully saturated rings. The van der Waals surface area contributed by atoms with Gasteiger partial charge < -0.3 is 5.32 Å². The van der Waals surface area contributed by atoms with Crippen molar-refractivity contribution in [2.75, 3.05) is 26.2 Å². The Labute approximate surface area is 118 Å². The zero-order chi connectivity index (χ0) is 14.3. The van der Waals surface area contributed by atoms with Crippen molar-refractivity contribution < 1.29 is 0 Å². The van der Waals surface area contributed by atoms with Gasteiger partial charge in [0.25, 0.3) is 0 Å². The van der Waals surface area contributed by atoms with Gasteiger partial charge in [-0.05, 0) is 37.6 Å². The molecule has 0 saturated heterocycles. The number of nitrogens with one attached hydrogen (secondary N) is 1. The van der Waals surface area contributed by atoms with Crippen LogP contribution in [-0.2, 0) is 6.54 Å². The third-order valence-electron chi connectivity index (χ3n) is 3.28. The average molecular weight is 263 g/mol. The number of nitrogens with zero attached hydrogens (tertiary/aromatic N) is 2. The lowest BCUT2D eigenvalue weighted by Crippen LogP contribution is -2.40. The van der Waals surface area contributed by atoms with Crippen LogP contribution < -0.4 is 5.32 Å². The smallest absolute Gasteiger partial charge is 0.0547 e. The first-order valence-electron chi connectivity index (χ1n) is 7.32. The number of hydrogen-bond acceptors (Lipinski definition) is 3. The van der Waals surface area contributed by atoms with E-state index in [0.29, 0.717) is 0 Å². The second kappa shape index (κ2) is 7.61. The molecule has 0 saturated carbocycles. The summed E-state index contributed by atoms with van der Waals surface area (Å²) in [6.45, 7) is 16.3. The van der Waals surface area contributed by atoms with Crippen LogP contribution in [0.15, 0.2) is 18.2 Å². The van der Waals surface area contributed by atoms with Crippen LogP contribution in [-0.4, -0.2) is 36.1 Å². The van der Waals surface area contributed by atoms with Gasteiger partial charge in [0, 0.05) is 25.3 Å². The van der Waals surface area contributed by atoms with Crippen LogP contribution >= 0.6 is 0 Å². The van der Waals surface area contributed by atoms with Crippen LogP contribution in [0.25, 0.3) is 0 Å². The topological polar surface area (TPSA) is 28.2 Å². The van der Waals surface area contributed by atoms with Gasteiger partial charge in [-0.15, -0.1) is 0 Å². The van der Waals surface area contributed by atoms with Crippen molar-refractivity contribution in [2.45, 2.75) is 41.2 Å². The fraction of sp³-hybridized carbons (Fsp3) is 0.688. The fourth-order valence-corrected chi connectivity index (χ4v) is 2.32. The molecule has 1 aromatic heterocycles. The highest BCUT2D eigenvalue weighted by Crippen LogP contribution is 2.17. The molecule has 19 heavy (non-hydrogen) atoms. The highest BCUT2D eigenvalue weighted by atomic mass is 15.1. The molecule has 0 aliphatic heterocycles. The van der Waals surface area contributed by atoms with Crippen LogP contribution in [0.3, 0.4) is 0 Å². The number of aryl methyl sites for hydroxylation is 1.